The standard InChI is InChI=1S/C19H21NO2/c1-4-22-18-7-5-6-17(13-18)20-15(3)12-19(21)16-10-8-14(2)9-11-16/h5-13,20H,4H2,1-3H3. The molecule has 0 bridgehead atoms. The van der Waals surface area contributed by atoms with Gasteiger partial charge in [-0.05, 0) is 32.9 Å². The smallest absolute Gasteiger partial charge is 0.187 e. The summed E-state index contributed by atoms with van der Waals surface area (Å²) < 4.78 is 5.46. The van der Waals surface area contributed by atoms with Gasteiger partial charge in [0.15, 0.2) is 5.78 Å². The zero-order chi connectivity index (χ0) is 15.9. The van der Waals surface area contributed by atoms with Crippen LogP contribution in [-0.4, -0.2) is 12.4 Å². The molecule has 0 amide bonds. The van der Waals surface area contributed by atoms with Gasteiger partial charge < -0.3 is 10.1 Å². The van der Waals surface area contributed by atoms with E-state index in [-0.39, 0.29) is 5.78 Å². The Labute approximate surface area is 131 Å². The number of carbonyl (C=O) groups excluding carboxylic acids is 1. The van der Waals surface area contributed by atoms with Crippen LogP contribution in [0.15, 0.2) is 60.3 Å². The van der Waals surface area contributed by atoms with Crippen LogP contribution in [0.25, 0.3) is 0 Å². The van der Waals surface area contributed by atoms with E-state index >= 15 is 0 Å². The first kappa shape index (κ1) is 15.8. The minimum Gasteiger partial charge on any atom is -0.494 e. The highest BCUT2D eigenvalue weighted by Gasteiger charge is 2.03. The van der Waals surface area contributed by atoms with Crippen molar-refractivity contribution < 1.29 is 9.53 Å². The number of aryl methyl sites for hydroxylation is 1. The first-order chi connectivity index (χ1) is 10.6. The van der Waals surface area contributed by atoms with Gasteiger partial charge in [-0.1, -0.05) is 35.9 Å². The predicted molar refractivity (Wildman–Crippen MR) is 90.5 cm³/mol. The molecule has 3 nitrogen and oxygen atoms in total. The summed E-state index contributed by atoms with van der Waals surface area (Å²) in [6.07, 6.45) is 1.61. The number of ether oxygens (including phenoxy) is 1. The van der Waals surface area contributed by atoms with Gasteiger partial charge in [0.2, 0.25) is 0 Å². The zero-order valence-electron chi connectivity index (χ0n) is 13.2. The summed E-state index contributed by atoms with van der Waals surface area (Å²) >= 11 is 0. The minimum absolute atomic E-state index is 0.00837. The first-order valence-electron chi connectivity index (χ1n) is 7.37. The quantitative estimate of drug-likeness (QED) is 0.625. The van der Waals surface area contributed by atoms with Gasteiger partial charge in [-0.15, -0.1) is 0 Å². The number of rotatable bonds is 6. The molecule has 0 saturated heterocycles. The summed E-state index contributed by atoms with van der Waals surface area (Å²) in [6.45, 7) is 6.46. The lowest BCUT2D eigenvalue weighted by molar-refractivity contribution is 0.104. The number of hydrogen-bond acceptors (Lipinski definition) is 3. The highest BCUT2D eigenvalue weighted by Crippen LogP contribution is 2.19. The van der Waals surface area contributed by atoms with Crippen LogP contribution in [0.5, 0.6) is 5.75 Å². The molecular formula is C19H21NO2. The van der Waals surface area contributed by atoms with Crippen LogP contribution in [0.4, 0.5) is 5.69 Å². The van der Waals surface area contributed by atoms with Gasteiger partial charge >= 0.3 is 0 Å². The number of allylic oxidation sites excluding steroid dienone is 2. The average Bonchev–Trinajstić information content (AvgIpc) is 2.48. The predicted octanol–water partition coefficient (Wildman–Crippen LogP) is 4.59. The summed E-state index contributed by atoms with van der Waals surface area (Å²) in [6, 6.07) is 15.3. The third-order valence-electron chi connectivity index (χ3n) is 3.17. The lowest BCUT2D eigenvalue weighted by Gasteiger charge is -2.09. The van der Waals surface area contributed by atoms with Gasteiger partial charge in [0.05, 0.1) is 6.61 Å². The van der Waals surface area contributed by atoms with Gasteiger partial charge in [-0.3, -0.25) is 4.79 Å². The fourth-order valence-corrected chi connectivity index (χ4v) is 2.09. The Kier molecular flexibility index (Phi) is 5.37. The molecule has 2 rings (SSSR count). The molecule has 0 fully saturated rings. The molecule has 1 N–H and O–H groups in total. The van der Waals surface area contributed by atoms with Crippen LogP contribution in [0, 0.1) is 6.92 Å². The van der Waals surface area contributed by atoms with Gasteiger partial charge in [0.1, 0.15) is 5.75 Å². The van der Waals surface area contributed by atoms with E-state index in [1.807, 2.05) is 69.3 Å². The van der Waals surface area contributed by atoms with E-state index < -0.39 is 0 Å². The van der Waals surface area contributed by atoms with Crippen LogP contribution in [0.3, 0.4) is 0 Å². The van der Waals surface area contributed by atoms with Crippen molar-refractivity contribution >= 4 is 11.5 Å². The Bertz CT molecular complexity index is 672. The molecule has 0 aliphatic carbocycles. The molecule has 0 aromatic heterocycles. The van der Waals surface area contributed by atoms with E-state index in [4.69, 9.17) is 4.74 Å². The lowest BCUT2D eigenvalue weighted by atomic mass is 10.1. The minimum atomic E-state index is -0.00837. The molecule has 114 valence electrons. The fourth-order valence-electron chi connectivity index (χ4n) is 2.09. The molecule has 0 aliphatic heterocycles. The van der Waals surface area contributed by atoms with Crippen molar-refractivity contribution in [2.45, 2.75) is 20.8 Å². The molecule has 0 heterocycles. The average molecular weight is 295 g/mol. The van der Waals surface area contributed by atoms with Crippen LogP contribution in [0.2, 0.25) is 0 Å². The van der Waals surface area contributed by atoms with E-state index in [0.29, 0.717) is 12.2 Å². The largest absolute Gasteiger partial charge is 0.494 e. The van der Waals surface area contributed by atoms with Crippen molar-refractivity contribution in [2.24, 2.45) is 0 Å². The fraction of sp³-hybridized carbons (Fsp3) is 0.211. The number of hydrogen-bond donors (Lipinski definition) is 1. The number of ketones is 1. The highest BCUT2D eigenvalue weighted by molar-refractivity contribution is 6.05. The SMILES string of the molecule is CCOc1cccc(NC(C)=CC(=O)c2ccc(C)cc2)c1. The van der Waals surface area contributed by atoms with Crippen LogP contribution >= 0.6 is 0 Å². The third-order valence-corrected chi connectivity index (χ3v) is 3.17. The lowest BCUT2D eigenvalue weighted by Crippen LogP contribution is -2.02. The van der Waals surface area contributed by atoms with Crippen molar-refractivity contribution in [3.63, 3.8) is 0 Å². The van der Waals surface area contributed by atoms with Crippen molar-refractivity contribution in [2.75, 3.05) is 11.9 Å². The maximum atomic E-state index is 12.2. The molecule has 0 aliphatic rings. The topological polar surface area (TPSA) is 38.3 Å². The Morgan fingerprint density at radius 1 is 1.18 bits per heavy atom. The van der Waals surface area contributed by atoms with E-state index in [1.165, 1.54) is 0 Å². The van der Waals surface area contributed by atoms with Gasteiger partial charge in [0, 0.05) is 29.1 Å². The van der Waals surface area contributed by atoms with Crippen molar-refractivity contribution in [3.05, 3.63) is 71.4 Å². The first-order valence-corrected chi connectivity index (χ1v) is 7.37. The van der Waals surface area contributed by atoms with E-state index in [2.05, 4.69) is 5.32 Å². The molecule has 0 unspecified atom stereocenters. The number of benzene rings is 2. The summed E-state index contributed by atoms with van der Waals surface area (Å²) in [5.74, 6) is 0.802. The number of anilines is 1. The highest BCUT2D eigenvalue weighted by atomic mass is 16.5. The van der Waals surface area contributed by atoms with Gasteiger partial charge in [-0.2, -0.15) is 0 Å². The second kappa shape index (κ2) is 7.46. The molecule has 0 radical (unpaired) electrons. The molecule has 0 spiro atoms. The summed E-state index contributed by atoms with van der Waals surface area (Å²) in [7, 11) is 0. The Morgan fingerprint density at radius 2 is 1.91 bits per heavy atom. The van der Waals surface area contributed by atoms with Crippen LogP contribution < -0.4 is 10.1 Å². The van der Waals surface area contributed by atoms with Gasteiger partial charge in [0.25, 0.3) is 0 Å². The summed E-state index contributed by atoms with van der Waals surface area (Å²) in [4.78, 5) is 12.2. The monoisotopic (exact) mass is 295 g/mol. The second-order valence-corrected chi connectivity index (χ2v) is 5.14. The molecule has 0 saturated carbocycles. The van der Waals surface area contributed by atoms with Crippen molar-refractivity contribution in [1.29, 1.82) is 0 Å². The van der Waals surface area contributed by atoms with Gasteiger partial charge in [-0.25, -0.2) is 0 Å². The molecule has 3 heteroatoms. The zero-order valence-corrected chi connectivity index (χ0v) is 13.2. The maximum absolute atomic E-state index is 12.2. The molecular weight excluding hydrogens is 274 g/mol. The molecule has 22 heavy (non-hydrogen) atoms. The van der Waals surface area contributed by atoms with E-state index in [0.717, 1.165) is 22.7 Å². The number of carbonyl (C=O) groups is 1. The van der Waals surface area contributed by atoms with Crippen molar-refractivity contribution in [1.82, 2.24) is 0 Å². The molecule has 0 atom stereocenters. The Balaban J connectivity index is 2.07. The Morgan fingerprint density at radius 3 is 2.59 bits per heavy atom. The summed E-state index contributed by atoms with van der Waals surface area (Å²) in [5.41, 5.74) is 3.52. The normalized spacial score (nSPS) is 11.1. The third kappa shape index (κ3) is 4.48. The Hall–Kier alpha value is -2.55. The van der Waals surface area contributed by atoms with E-state index in [1.54, 1.807) is 6.08 Å². The molecule has 2 aromatic rings. The maximum Gasteiger partial charge on any atom is 0.187 e. The van der Waals surface area contributed by atoms with Crippen LogP contribution in [0.1, 0.15) is 29.8 Å². The van der Waals surface area contributed by atoms with Crippen LogP contribution in [-0.2, 0) is 0 Å². The molecule has 2 aromatic carbocycles. The van der Waals surface area contributed by atoms with E-state index in [9.17, 15) is 4.79 Å². The number of nitrogens with one attached hydrogen (secondary N) is 1. The second-order valence-electron chi connectivity index (χ2n) is 5.14. The summed E-state index contributed by atoms with van der Waals surface area (Å²) in [5, 5.41) is 3.21. The van der Waals surface area contributed by atoms with Crippen molar-refractivity contribution in [3.8, 4) is 5.75 Å².